The van der Waals surface area contributed by atoms with E-state index in [1.165, 1.54) is 12.1 Å². The van der Waals surface area contributed by atoms with Gasteiger partial charge in [-0.05, 0) is 42.2 Å². The lowest BCUT2D eigenvalue weighted by molar-refractivity contribution is -0.139. The Bertz CT molecular complexity index is 814. The van der Waals surface area contributed by atoms with Crippen molar-refractivity contribution in [3.05, 3.63) is 58.9 Å². The lowest BCUT2D eigenvalue weighted by atomic mass is 9.97. The summed E-state index contributed by atoms with van der Waals surface area (Å²) in [7, 11) is 1.15. The highest BCUT2D eigenvalue weighted by Gasteiger charge is 2.23. The van der Waals surface area contributed by atoms with Crippen LogP contribution in [0.2, 0.25) is 5.02 Å². The van der Waals surface area contributed by atoms with Crippen LogP contribution in [0.3, 0.4) is 0 Å². The molecule has 0 unspecified atom stereocenters. The number of rotatable bonds is 7. The first kappa shape index (κ1) is 20.7. The summed E-state index contributed by atoms with van der Waals surface area (Å²) in [6.07, 6.45) is -0.400. The van der Waals surface area contributed by atoms with Gasteiger partial charge in [-0.25, -0.2) is 14.0 Å². The Hall–Kier alpha value is -2.64. The van der Waals surface area contributed by atoms with Gasteiger partial charge in [-0.1, -0.05) is 35.9 Å². The fourth-order valence-electron chi connectivity index (χ4n) is 2.65. The largest absolute Gasteiger partial charge is 0.480 e. The van der Waals surface area contributed by atoms with Gasteiger partial charge in [0.2, 0.25) is 0 Å². The number of benzene rings is 2. The number of nitrogens with two attached hydrogens (primary N) is 1. The number of hydrogen-bond acceptors (Lipinski definition) is 4. The number of aliphatic carboxylic acids is 1. The van der Waals surface area contributed by atoms with E-state index in [0.717, 1.165) is 12.7 Å². The van der Waals surface area contributed by atoms with Crippen LogP contribution in [0, 0.1) is 5.82 Å². The van der Waals surface area contributed by atoms with E-state index in [1.54, 1.807) is 30.3 Å². The van der Waals surface area contributed by atoms with Crippen LogP contribution in [-0.2, 0) is 16.0 Å². The molecule has 2 atom stereocenters. The van der Waals surface area contributed by atoms with Crippen molar-refractivity contribution >= 4 is 23.7 Å². The summed E-state index contributed by atoms with van der Waals surface area (Å²) in [5, 5.41) is 11.8. The van der Waals surface area contributed by atoms with E-state index in [9.17, 15) is 19.1 Å². The predicted octanol–water partition coefficient (Wildman–Crippen LogP) is 3.22. The van der Waals surface area contributed by atoms with Crippen LogP contribution >= 0.6 is 11.6 Å². The van der Waals surface area contributed by atoms with Crippen LogP contribution < -0.4 is 11.1 Å². The first-order valence-corrected chi connectivity index (χ1v) is 8.55. The predicted molar refractivity (Wildman–Crippen MR) is 100 cm³/mol. The molecule has 0 bridgehead atoms. The second kappa shape index (κ2) is 9.34. The van der Waals surface area contributed by atoms with Crippen LogP contribution in [-0.4, -0.2) is 36.4 Å². The lowest BCUT2D eigenvalue weighted by Gasteiger charge is -2.18. The molecule has 6 nitrogen and oxygen atoms in total. The first-order chi connectivity index (χ1) is 12.8. The van der Waals surface area contributed by atoms with Crippen molar-refractivity contribution in [2.75, 3.05) is 7.11 Å². The molecule has 0 radical (unpaired) electrons. The average Bonchev–Trinajstić information content (AvgIpc) is 2.63. The molecule has 144 valence electrons. The van der Waals surface area contributed by atoms with Gasteiger partial charge in [0.05, 0.1) is 7.11 Å². The highest BCUT2D eigenvalue weighted by atomic mass is 35.5. The zero-order chi connectivity index (χ0) is 20.0. The van der Waals surface area contributed by atoms with Crippen LogP contribution in [0.25, 0.3) is 11.1 Å². The Morgan fingerprint density at radius 2 is 1.93 bits per heavy atom. The quantitative estimate of drug-likeness (QED) is 0.669. The Morgan fingerprint density at radius 3 is 2.52 bits per heavy atom. The van der Waals surface area contributed by atoms with Gasteiger partial charge in [0, 0.05) is 16.6 Å². The molecule has 0 aliphatic rings. The maximum atomic E-state index is 13.9. The Morgan fingerprint density at radius 1 is 1.26 bits per heavy atom. The van der Waals surface area contributed by atoms with Gasteiger partial charge in [0.25, 0.3) is 0 Å². The minimum Gasteiger partial charge on any atom is -0.480 e. The summed E-state index contributed by atoms with van der Waals surface area (Å²) in [4.78, 5) is 22.4. The number of nitrogens with one attached hydrogen (secondary N) is 1. The van der Waals surface area contributed by atoms with E-state index >= 15 is 0 Å². The van der Waals surface area contributed by atoms with Gasteiger partial charge < -0.3 is 20.9 Å². The second-order valence-corrected chi connectivity index (χ2v) is 6.48. The van der Waals surface area contributed by atoms with E-state index in [2.05, 4.69) is 10.1 Å². The number of halogens is 2. The number of amides is 1. The Balaban J connectivity index is 2.03. The number of hydrogen-bond donors (Lipinski definition) is 3. The third kappa shape index (κ3) is 5.94. The van der Waals surface area contributed by atoms with E-state index in [4.69, 9.17) is 17.3 Å². The molecule has 0 heterocycles. The Kier molecular flexibility index (Phi) is 7.15. The van der Waals surface area contributed by atoms with Crippen molar-refractivity contribution in [2.24, 2.45) is 5.73 Å². The molecule has 2 aromatic rings. The normalized spacial score (nSPS) is 12.9. The zero-order valence-electron chi connectivity index (χ0n) is 14.6. The molecule has 0 spiro atoms. The van der Waals surface area contributed by atoms with Gasteiger partial charge >= 0.3 is 12.1 Å². The molecule has 0 saturated carbocycles. The number of alkyl carbamates (subject to hydrolysis) is 1. The van der Waals surface area contributed by atoms with Crippen molar-refractivity contribution in [3.8, 4) is 11.1 Å². The molecule has 0 fully saturated rings. The molecular formula is C19H20ClFN2O4. The minimum atomic E-state index is -1.19. The summed E-state index contributed by atoms with van der Waals surface area (Å²) < 4.78 is 18.3. The van der Waals surface area contributed by atoms with Crippen LogP contribution in [0.5, 0.6) is 0 Å². The van der Waals surface area contributed by atoms with E-state index in [-0.39, 0.29) is 12.2 Å². The highest BCUT2D eigenvalue weighted by molar-refractivity contribution is 6.30. The number of carboxylic acids is 1. The van der Waals surface area contributed by atoms with Gasteiger partial charge in [-0.15, -0.1) is 0 Å². The minimum absolute atomic E-state index is 0.0368. The average molecular weight is 395 g/mol. The van der Waals surface area contributed by atoms with Crippen molar-refractivity contribution in [3.63, 3.8) is 0 Å². The number of ether oxygens (including phenoxy) is 1. The fraction of sp³-hybridized carbons (Fsp3) is 0.263. The monoisotopic (exact) mass is 394 g/mol. The van der Waals surface area contributed by atoms with Gasteiger partial charge in [-0.2, -0.15) is 0 Å². The number of carbonyl (C=O) groups excluding carboxylic acids is 1. The van der Waals surface area contributed by atoms with Gasteiger partial charge in [0.1, 0.15) is 11.9 Å². The molecule has 2 aromatic carbocycles. The lowest BCUT2D eigenvalue weighted by Crippen LogP contribution is -2.44. The third-order valence-electron chi connectivity index (χ3n) is 4.01. The summed E-state index contributed by atoms with van der Waals surface area (Å²) in [5.41, 5.74) is 7.94. The number of carbonyl (C=O) groups is 2. The summed E-state index contributed by atoms with van der Waals surface area (Å²) >= 11 is 5.92. The van der Waals surface area contributed by atoms with Crippen molar-refractivity contribution in [1.82, 2.24) is 5.32 Å². The summed E-state index contributed by atoms with van der Waals surface area (Å²) in [6, 6.07) is 9.77. The van der Waals surface area contributed by atoms with Crippen molar-refractivity contribution in [2.45, 2.75) is 24.9 Å². The molecule has 1 amide bonds. The van der Waals surface area contributed by atoms with Crippen LogP contribution in [0.1, 0.15) is 12.0 Å². The first-order valence-electron chi connectivity index (χ1n) is 8.17. The van der Waals surface area contributed by atoms with Gasteiger partial charge in [0.15, 0.2) is 0 Å². The van der Waals surface area contributed by atoms with Crippen molar-refractivity contribution < 1.29 is 23.8 Å². The van der Waals surface area contributed by atoms with Crippen molar-refractivity contribution in [1.29, 1.82) is 0 Å². The molecule has 27 heavy (non-hydrogen) atoms. The van der Waals surface area contributed by atoms with E-state index < -0.39 is 24.1 Å². The molecule has 0 aliphatic heterocycles. The topological polar surface area (TPSA) is 102 Å². The molecule has 2 rings (SSSR count). The van der Waals surface area contributed by atoms with Crippen LogP contribution in [0.4, 0.5) is 9.18 Å². The van der Waals surface area contributed by atoms with Crippen LogP contribution in [0.15, 0.2) is 42.5 Å². The molecule has 0 aromatic heterocycles. The van der Waals surface area contributed by atoms with E-state index in [0.29, 0.717) is 22.6 Å². The SMILES string of the molecule is COC(=O)N[C@H](C[C@H](N)Cc1ccc(-c2cc(Cl)ccc2F)cc1)C(=O)O. The molecule has 0 saturated heterocycles. The summed E-state index contributed by atoms with van der Waals surface area (Å²) in [5.74, 6) is -1.57. The molecule has 0 aliphatic carbocycles. The number of carboxylic acid groups (broad SMARTS) is 1. The molecule has 4 N–H and O–H groups in total. The standard InChI is InChI=1S/C19H20ClFN2O4/c1-27-19(26)23-17(18(24)25)10-14(22)8-11-2-4-12(5-3-11)15-9-13(20)6-7-16(15)21/h2-7,9,14,17H,8,10,22H2,1H3,(H,23,26)(H,24,25)/t14-,17-/m1/s1. The molecule has 8 heteroatoms. The Labute approximate surface area is 161 Å². The zero-order valence-corrected chi connectivity index (χ0v) is 15.4. The fourth-order valence-corrected chi connectivity index (χ4v) is 2.82. The maximum Gasteiger partial charge on any atom is 0.407 e. The highest BCUT2D eigenvalue weighted by Crippen LogP contribution is 2.26. The summed E-state index contributed by atoms with van der Waals surface area (Å²) in [6.45, 7) is 0. The second-order valence-electron chi connectivity index (χ2n) is 6.05. The smallest absolute Gasteiger partial charge is 0.407 e. The number of methoxy groups -OCH3 is 1. The third-order valence-corrected chi connectivity index (χ3v) is 4.24. The molecular weight excluding hydrogens is 375 g/mol. The van der Waals surface area contributed by atoms with Gasteiger partial charge in [-0.3, -0.25) is 0 Å². The van der Waals surface area contributed by atoms with E-state index in [1.807, 2.05) is 0 Å². The maximum absolute atomic E-state index is 13.9.